The van der Waals surface area contributed by atoms with E-state index in [0.29, 0.717) is 0 Å². The predicted molar refractivity (Wildman–Crippen MR) is 58.5 cm³/mol. The predicted octanol–water partition coefficient (Wildman–Crippen LogP) is 2.70. The lowest BCUT2D eigenvalue weighted by atomic mass is 10.1. The summed E-state index contributed by atoms with van der Waals surface area (Å²) in [5.41, 5.74) is 5.38. The zero-order chi connectivity index (χ0) is 13.0. The van der Waals surface area contributed by atoms with Gasteiger partial charge in [0, 0.05) is 12.1 Å². The lowest BCUT2D eigenvalue weighted by molar-refractivity contribution is -0.0497. The molecule has 0 aromatic heterocycles. The van der Waals surface area contributed by atoms with Crippen LogP contribution >= 0.6 is 11.6 Å². The molecule has 1 aromatic rings. The summed E-state index contributed by atoms with van der Waals surface area (Å²) in [6, 6.07) is 2.17. The molecule has 0 saturated carbocycles. The van der Waals surface area contributed by atoms with Crippen molar-refractivity contribution in [2.24, 2.45) is 0 Å². The first kappa shape index (κ1) is 13.5. The van der Waals surface area contributed by atoms with E-state index in [2.05, 4.69) is 4.74 Å². The average Bonchev–Trinajstić information content (AvgIpc) is 2.15. The van der Waals surface area contributed by atoms with Gasteiger partial charge >= 0.3 is 12.6 Å². The number of halogens is 3. The lowest BCUT2D eigenvalue weighted by Gasteiger charge is -2.10. The second-order valence-corrected chi connectivity index (χ2v) is 3.38. The van der Waals surface area contributed by atoms with Crippen LogP contribution in [-0.4, -0.2) is 19.2 Å². The first-order valence-electron chi connectivity index (χ1n) is 4.66. The number of anilines is 1. The fourth-order valence-electron chi connectivity index (χ4n) is 1.19. The van der Waals surface area contributed by atoms with Gasteiger partial charge in [-0.3, -0.25) is 0 Å². The molecular formula is C10H10ClF2NO3. The van der Waals surface area contributed by atoms with Crippen molar-refractivity contribution < 1.29 is 23.0 Å². The van der Waals surface area contributed by atoms with Crippen LogP contribution < -0.4 is 10.5 Å². The van der Waals surface area contributed by atoms with Gasteiger partial charge in [0.05, 0.1) is 17.3 Å². The summed E-state index contributed by atoms with van der Waals surface area (Å²) >= 11 is 5.74. The van der Waals surface area contributed by atoms with Crippen LogP contribution in [0.5, 0.6) is 5.75 Å². The van der Waals surface area contributed by atoms with Gasteiger partial charge in [-0.25, -0.2) is 4.79 Å². The molecule has 1 aromatic carbocycles. The van der Waals surface area contributed by atoms with E-state index in [0.717, 1.165) is 12.1 Å². The maximum Gasteiger partial charge on any atom is 0.387 e. The molecule has 0 amide bonds. The number of hydrogen-bond acceptors (Lipinski definition) is 4. The second kappa shape index (κ2) is 5.67. The number of nitrogens with two attached hydrogens (primary N) is 1. The third-order valence-electron chi connectivity index (χ3n) is 1.80. The Balaban J connectivity index is 3.06. The molecular weight excluding hydrogens is 256 g/mol. The molecule has 94 valence electrons. The molecule has 0 atom stereocenters. The number of carbonyl (C=O) groups is 1. The summed E-state index contributed by atoms with van der Waals surface area (Å²) < 4.78 is 32.8. The van der Waals surface area contributed by atoms with E-state index >= 15 is 0 Å². The molecule has 1 rings (SSSR count). The zero-order valence-electron chi connectivity index (χ0n) is 8.88. The highest BCUT2D eigenvalue weighted by atomic mass is 35.5. The Morgan fingerprint density at radius 2 is 2.18 bits per heavy atom. The summed E-state index contributed by atoms with van der Waals surface area (Å²) in [7, 11) is 0. The van der Waals surface area contributed by atoms with Gasteiger partial charge in [0.25, 0.3) is 0 Å². The number of rotatable bonds is 4. The smallest absolute Gasteiger partial charge is 0.387 e. The normalized spacial score (nSPS) is 10.4. The molecule has 4 nitrogen and oxygen atoms in total. The van der Waals surface area contributed by atoms with Crippen molar-refractivity contribution in [3.63, 3.8) is 0 Å². The van der Waals surface area contributed by atoms with Crippen molar-refractivity contribution in [2.75, 3.05) is 12.3 Å². The maximum absolute atomic E-state index is 12.0. The average molecular weight is 266 g/mol. The van der Waals surface area contributed by atoms with Crippen LogP contribution in [0.25, 0.3) is 0 Å². The lowest BCUT2D eigenvalue weighted by Crippen LogP contribution is -2.10. The van der Waals surface area contributed by atoms with Crippen LogP contribution in [0.1, 0.15) is 17.3 Å². The highest BCUT2D eigenvalue weighted by molar-refractivity contribution is 6.34. The Hall–Kier alpha value is -1.56. The minimum atomic E-state index is -2.99. The van der Waals surface area contributed by atoms with Gasteiger partial charge in [0.15, 0.2) is 0 Å². The number of benzene rings is 1. The summed E-state index contributed by atoms with van der Waals surface area (Å²) in [6.07, 6.45) is 0. The summed E-state index contributed by atoms with van der Waals surface area (Å²) in [5, 5.41) is -0.0981. The molecule has 0 saturated heterocycles. The molecule has 0 aliphatic heterocycles. The van der Waals surface area contributed by atoms with Crippen molar-refractivity contribution in [1.82, 2.24) is 0 Å². The SMILES string of the molecule is CCOC(=O)c1c(N)cc(OC(F)F)cc1Cl. The van der Waals surface area contributed by atoms with Crippen LogP contribution in [0.15, 0.2) is 12.1 Å². The highest BCUT2D eigenvalue weighted by Crippen LogP contribution is 2.30. The first-order valence-corrected chi connectivity index (χ1v) is 5.04. The van der Waals surface area contributed by atoms with E-state index in [4.69, 9.17) is 22.1 Å². The fourth-order valence-corrected chi connectivity index (χ4v) is 1.49. The van der Waals surface area contributed by atoms with Crippen molar-refractivity contribution in [2.45, 2.75) is 13.5 Å². The molecule has 0 spiro atoms. The van der Waals surface area contributed by atoms with Crippen LogP contribution in [0.2, 0.25) is 5.02 Å². The van der Waals surface area contributed by atoms with Crippen molar-refractivity contribution >= 4 is 23.3 Å². The van der Waals surface area contributed by atoms with E-state index < -0.39 is 12.6 Å². The van der Waals surface area contributed by atoms with Crippen molar-refractivity contribution in [1.29, 1.82) is 0 Å². The van der Waals surface area contributed by atoms with Gasteiger partial charge in [0.1, 0.15) is 11.3 Å². The van der Waals surface area contributed by atoms with Crippen molar-refractivity contribution in [3.05, 3.63) is 22.7 Å². The van der Waals surface area contributed by atoms with E-state index in [1.54, 1.807) is 6.92 Å². The van der Waals surface area contributed by atoms with Crippen LogP contribution in [0.3, 0.4) is 0 Å². The standard InChI is InChI=1S/C10H10ClF2NO3/c1-2-16-9(15)8-6(11)3-5(4-7(8)14)17-10(12)13/h3-4,10H,2,14H2,1H3. The Labute approximate surface area is 101 Å². The van der Waals surface area contributed by atoms with Gasteiger partial charge in [-0.15, -0.1) is 0 Å². The molecule has 0 aliphatic carbocycles. The quantitative estimate of drug-likeness (QED) is 0.672. The topological polar surface area (TPSA) is 61.5 Å². The molecule has 0 heterocycles. The number of ether oxygens (including phenoxy) is 2. The Bertz CT molecular complexity index is 403. The van der Waals surface area contributed by atoms with Gasteiger partial charge in [-0.2, -0.15) is 8.78 Å². The summed E-state index contributed by atoms with van der Waals surface area (Å²) in [6.45, 7) is -1.21. The van der Waals surface area contributed by atoms with Gasteiger partial charge in [-0.1, -0.05) is 11.6 Å². The zero-order valence-corrected chi connectivity index (χ0v) is 9.63. The number of hydrogen-bond donors (Lipinski definition) is 1. The van der Waals surface area contributed by atoms with E-state index in [9.17, 15) is 13.6 Å². The molecule has 17 heavy (non-hydrogen) atoms. The number of esters is 1. The third kappa shape index (κ3) is 3.45. The second-order valence-electron chi connectivity index (χ2n) is 2.97. The highest BCUT2D eigenvalue weighted by Gasteiger charge is 2.18. The molecule has 2 N–H and O–H groups in total. The fraction of sp³-hybridized carbons (Fsp3) is 0.300. The van der Waals surface area contributed by atoms with E-state index in [-0.39, 0.29) is 28.6 Å². The minimum absolute atomic E-state index is 0.0601. The molecule has 0 bridgehead atoms. The molecule has 0 aliphatic rings. The molecule has 0 radical (unpaired) electrons. The van der Waals surface area contributed by atoms with E-state index in [1.165, 1.54) is 0 Å². The Kier molecular flexibility index (Phi) is 4.51. The van der Waals surface area contributed by atoms with Crippen LogP contribution in [0.4, 0.5) is 14.5 Å². The maximum atomic E-state index is 12.0. The minimum Gasteiger partial charge on any atom is -0.462 e. The van der Waals surface area contributed by atoms with Crippen LogP contribution in [0, 0.1) is 0 Å². The first-order chi connectivity index (χ1) is 7.95. The molecule has 7 heteroatoms. The molecule has 0 unspecified atom stereocenters. The van der Waals surface area contributed by atoms with Crippen LogP contribution in [-0.2, 0) is 4.74 Å². The van der Waals surface area contributed by atoms with E-state index in [1.807, 2.05) is 0 Å². The van der Waals surface area contributed by atoms with Gasteiger partial charge in [0.2, 0.25) is 0 Å². The van der Waals surface area contributed by atoms with Gasteiger partial charge < -0.3 is 15.2 Å². The largest absolute Gasteiger partial charge is 0.462 e. The Morgan fingerprint density at radius 1 is 1.53 bits per heavy atom. The van der Waals surface area contributed by atoms with Crippen molar-refractivity contribution in [3.8, 4) is 5.75 Å². The van der Waals surface area contributed by atoms with Gasteiger partial charge in [-0.05, 0) is 6.92 Å². The number of alkyl halides is 2. The summed E-state index contributed by atoms with van der Waals surface area (Å²) in [5.74, 6) is -0.922. The number of nitrogen functional groups attached to an aromatic ring is 1. The number of carbonyl (C=O) groups excluding carboxylic acids is 1. The molecule has 0 fully saturated rings. The monoisotopic (exact) mass is 265 g/mol. The summed E-state index contributed by atoms with van der Waals surface area (Å²) in [4.78, 5) is 11.4. The third-order valence-corrected chi connectivity index (χ3v) is 2.10. The Morgan fingerprint density at radius 3 is 2.65 bits per heavy atom.